The first-order valence-corrected chi connectivity index (χ1v) is 10.0. The molecule has 1 N–H and O–H groups in total. The molecular weight excluding hydrogens is 340 g/mol. The highest BCUT2D eigenvalue weighted by atomic mass is 16.5. The van der Waals surface area contributed by atoms with Gasteiger partial charge in [-0.1, -0.05) is 36.4 Å². The largest absolute Gasteiger partial charge is 0.493 e. The number of fused-ring (bicyclic) bond motifs is 1. The number of carbonyl (C=O) groups excluding carboxylic acids is 1. The van der Waals surface area contributed by atoms with Crippen molar-refractivity contribution in [2.45, 2.75) is 25.7 Å². The van der Waals surface area contributed by atoms with Gasteiger partial charge in [0.05, 0.1) is 19.8 Å². The van der Waals surface area contributed by atoms with Crippen LogP contribution in [-0.4, -0.2) is 56.8 Å². The van der Waals surface area contributed by atoms with Crippen molar-refractivity contribution in [2.75, 3.05) is 46.0 Å². The summed E-state index contributed by atoms with van der Waals surface area (Å²) in [6.07, 6.45) is 3.37. The van der Waals surface area contributed by atoms with E-state index in [0.717, 1.165) is 69.8 Å². The Morgan fingerprint density at radius 3 is 2.74 bits per heavy atom. The monoisotopic (exact) mass is 370 g/mol. The molecule has 0 spiro atoms. The second kappa shape index (κ2) is 10.9. The molecule has 0 radical (unpaired) electrons. The van der Waals surface area contributed by atoms with E-state index in [1.807, 2.05) is 24.3 Å². The van der Waals surface area contributed by atoms with Crippen LogP contribution in [-0.2, 0) is 9.53 Å². The summed E-state index contributed by atoms with van der Waals surface area (Å²) in [4.78, 5) is 14.4. The fourth-order valence-electron chi connectivity index (χ4n) is 3.34. The molecular formula is C22H30N2O3. The maximum atomic E-state index is 11.9. The van der Waals surface area contributed by atoms with E-state index in [1.54, 1.807) is 0 Å². The number of nitrogens with zero attached hydrogens (tertiary/aromatic N) is 1. The van der Waals surface area contributed by atoms with Crippen LogP contribution in [0.4, 0.5) is 0 Å². The van der Waals surface area contributed by atoms with Gasteiger partial charge in [0.2, 0.25) is 5.91 Å². The Morgan fingerprint density at radius 2 is 1.85 bits per heavy atom. The zero-order chi connectivity index (χ0) is 18.7. The third kappa shape index (κ3) is 6.52. The van der Waals surface area contributed by atoms with E-state index in [0.29, 0.717) is 13.0 Å². The van der Waals surface area contributed by atoms with Gasteiger partial charge in [-0.15, -0.1) is 0 Å². The van der Waals surface area contributed by atoms with Gasteiger partial charge in [0.1, 0.15) is 5.75 Å². The topological polar surface area (TPSA) is 50.8 Å². The summed E-state index contributed by atoms with van der Waals surface area (Å²) in [5, 5.41) is 5.30. The van der Waals surface area contributed by atoms with Gasteiger partial charge in [0.15, 0.2) is 0 Å². The highest BCUT2D eigenvalue weighted by Crippen LogP contribution is 2.25. The van der Waals surface area contributed by atoms with Gasteiger partial charge >= 0.3 is 0 Å². The third-order valence-electron chi connectivity index (χ3n) is 4.88. The lowest BCUT2D eigenvalue weighted by Crippen LogP contribution is -2.37. The second-order valence-electron chi connectivity index (χ2n) is 6.94. The van der Waals surface area contributed by atoms with Crippen molar-refractivity contribution in [3.63, 3.8) is 0 Å². The summed E-state index contributed by atoms with van der Waals surface area (Å²) in [6, 6.07) is 14.2. The SMILES string of the molecule is O=C(CCCOc1cccc2ccccc12)NCCCCN1CCOCC1. The second-order valence-corrected chi connectivity index (χ2v) is 6.94. The molecule has 1 heterocycles. The Balaban J connectivity index is 1.25. The van der Waals surface area contributed by atoms with Gasteiger partial charge in [0, 0.05) is 31.4 Å². The quantitative estimate of drug-likeness (QED) is 0.653. The van der Waals surface area contributed by atoms with Crippen LogP contribution in [0.2, 0.25) is 0 Å². The number of rotatable bonds is 10. The molecule has 0 aliphatic carbocycles. The lowest BCUT2D eigenvalue weighted by Gasteiger charge is -2.26. The highest BCUT2D eigenvalue weighted by Gasteiger charge is 2.09. The standard InChI is InChI=1S/C22H30N2O3/c25-22(23-12-3-4-13-24-14-17-26-18-15-24)11-6-16-27-21-10-5-8-19-7-1-2-9-20(19)21/h1-2,5,7-10H,3-4,6,11-18H2,(H,23,25). The Morgan fingerprint density at radius 1 is 1.04 bits per heavy atom. The number of carbonyl (C=O) groups is 1. The molecule has 2 aromatic rings. The number of hydrogen-bond donors (Lipinski definition) is 1. The van der Waals surface area contributed by atoms with Gasteiger partial charge in [-0.2, -0.15) is 0 Å². The van der Waals surface area contributed by atoms with E-state index in [2.05, 4.69) is 28.4 Å². The maximum absolute atomic E-state index is 11.9. The van der Waals surface area contributed by atoms with Crippen molar-refractivity contribution in [1.82, 2.24) is 10.2 Å². The van der Waals surface area contributed by atoms with E-state index < -0.39 is 0 Å². The van der Waals surface area contributed by atoms with E-state index >= 15 is 0 Å². The Bertz CT molecular complexity index is 708. The molecule has 1 saturated heterocycles. The number of benzene rings is 2. The first-order valence-electron chi connectivity index (χ1n) is 10.0. The molecule has 0 unspecified atom stereocenters. The minimum Gasteiger partial charge on any atom is -0.493 e. The van der Waals surface area contributed by atoms with Crippen LogP contribution >= 0.6 is 0 Å². The molecule has 1 aliphatic rings. The molecule has 1 fully saturated rings. The van der Waals surface area contributed by atoms with Crippen LogP contribution in [0.1, 0.15) is 25.7 Å². The minimum atomic E-state index is 0.114. The molecule has 0 saturated carbocycles. The first-order chi connectivity index (χ1) is 13.3. The van der Waals surface area contributed by atoms with Crippen molar-refractivity contribution in [1.29, 1.82) is 0 Å². The van der Waals surface area contributed by atoms with Crippen molar-refractivity contribution < 1.29 is 14.3 Å². The zero-order valence-corrected chi connectivity index (χ0v) is 16.0. The fraction of sp³-hybridized carbons (Fsp3) is 0.500. The van der Waals surface area contributed by atoms with Crippen molar-refractivity contribution in [3.8, 4) is 5.75 Å². The normalized spacial score (nSPS) is 15.0. The highest BCUT2D eigenvalue weighted by molar-refractivity contribution is 5.88. The van der Waals surface area contributed by atoms with Gasteiger partial charge < -0.3 is 14.8 Å². The Hall–Kier alpha value is -2.11. The average molecular weight is 370 g/mol. The number of hydrogen-bond acceptors (Lipinski definition) is 4. The smallest absolute Gasteiger partial charge is 0.220 e. The number of morpholine rings is 1. The minimum absolute atomic E-state index is 0.114. The van der Waals surface area contributed by atoms with E-state index in [9.17, 15) is 4.79 Å². The molecule has 27 heavy (non-hydrogen) atoms. The molecule has 3 rings (SSSR count). The fourth-order valence-corrected chi connectivity index (χ4v) is 3.34. The van der Waals surface area contributed by atoms with Gasteiger partial charge in [-0.25, -0.2) is 0 Å². The summed E-state index contributed by atoms with van der Waals surface area (Å²) in [5.74, 6) is 1.000. The average Bonchev–Trinajstić information content (AvgIpc) is 2.72. The molecule has 1 aliphatic heterocycles. The van der Waals surface area contributed by atoms with Gasteiger partial charge in [-0.05, 0) is 37.3 Å². The van der Waals surface area contributed by atoms with Gasteiger partial charge in [0.25, 0.3) is 0 Å². The third-order valence-corrected chi connectivity index (χ3v) is 4.88. The van der Waals surface area contributed by atoms with Crippen LogP contribution in [0.15, 0.2) is 42.5 Å². The van der Waals surface area contributed by atoms with Crippen LogP contribution in [0.25, 0.3) is 10.8 Å². The summed E-state index contributed by atoms with van der Waals surface area (Å²) in [5.41, 5.74) is 0. The summed E-state index contributed by atoms with van der Waals surface area (Å²) >= 11 is 0. The van der Waals surface area contributed by atoms with Crippen LogP contribution in [0, 0.1) is 0 Å². The maximum Gasteiger partial charge on any atom is 0.220 e. The van der Waals surface area contributed by atoms with E-state index in [4.69, 9.17) is 9.47 Å². The molecule has 5 nitrogen and oxygen atoms in total. The molecule has 146 valence electrons. The van der Waals surface area contributed by atoms with Crippen LogP contribution in [0.3, 0.4) is 0 Å². The summed E-state index contributed by atoms with van der Waals surface area (Å²) in [6.45, 7) is 6.16. The van der Waals surface area contributed by atoms with E-state index in [-0.39, 0.29) is 5.91 Å². The van der Waals surface area contributed by atoms with Crippen molar-refractivity contribution in [3.05, 3.63) is 42.5 Å². The lowest BCUT2D eigenvalue weighted by atomic mass is 10.1. The number of ether oxygens (including phenoxy) is 2. The summed E-state index contributed by atoms with van der Waals surface area (Å²) in [7, 11) is 0. The zero-order valence-electron chi connectivity index (χ0n) is 16.0. The number of nitrogens with one attached hydrogen (secondary N) is 1. The number of amides is 1. The Kier molecular flexibility index (Phi) is 7.93. The summed E-state index contributed by atoms with van der Waals surface area (Å²) < 4.78 is 11.2. The molecule has 0 aromatic heterocycles. The Labute approximate surface area is 161 Å². The predicted octanol–water partition coefficient (Wildman–Crippen LogP) is 3.23. The number of unbranched alkanes of at least 4 members (excludes halogenated alkanes) is 1. The molecule has 1 amide bonds. The van der Waals surface area contributed by atoms with Crippen LogP contribution in [0.5, 0.6) is 5.75 Å². The molecule has 2 aromatic carbocycles. The van der Waals surface area contributed by atoms with Crippen molar-refractivity contribution >= 4 is 16.7 Å². The van der Waals surface area contributed by atoms with Gasteiger partial charge in [-0.3, -0.25) is 9.69 Å². The molecule has 0 bridgehead atoms. The van der Waals surface area contributed by atoms with Crippen LogP contribution < -0.4 is 10.1 Å². The van der Waals surface area contributed by atoms with Crippen molar-refractivity contribution in [2.24, 2.45) is 0 Å². The lowest BCUT2D eigenvalue weighted by molar-refractivity contribution is -0.121. The van der Waals surface area contributed by atoms with E-state index in [1.165, 1.54) is 5.39 Å². The predicted molar refractivity (Wildman–Crippen MR) is 108 cm³/mol. The molecule has 0 atom stereocenters. The first kappa shape index (κ1) is 19.6. The molecule has 5 heteroatoms.